The number of para-hydroxylation sites is 2. The van der Waals surface area contributed by atoms with Gasteiger partial charge < -0.3 is 9.47 Å². The molecule has 2 heterocycles. The van der Waals surface area contributed by atoms with Crippen LogP contribution in [0.25, 0.3) is 16.7 Å². The van der Waals surface area contributed by atoms with Gasteiger partial charge in [-0.25, -0.2) is 4.79 Å². The van der Waals surface area contributed by atoms with Crippen molar-refractivity contribution in [1.29, 1.82) is 5.26 Å². The Kier molecular flexibility index (Phi) is 4.90. The number of halogens is 3. The Balaban J connectivity index is 1.83. The van der Waals surface area contributed by atoms with E-state index in [0.29, 0.717) is 37.2 Å². The highest BCUT2D eigenvalue weighted by Crippen LogP contribution is 2.33. The molecule has 1 aliphatic rings. The first kappa shape index (κ1) is 19.2. The summed E-state index contributed by atoms with van der Waals surface area (Å²) in [5, 5.41) is 9.00. The summed E-state index contributed by atoms with van der Waals surface area (Å²) < 4.78 is 53.6. The zero-order chi connectivity index (χ0) is 20.6. The second kappa shape index (κ2) is 7.39. The van der Waals surface area contributed by atoms with Gasteiger partial charge in [-0.15, -0.1) is 0 Å². The second-order valence-corrected chi connectivity index (χ2v) is 6.56. The Morgan fingerprint density at radius 2 is 1.79 bits per heavy atom. The van der Waals surface area contributed by atoms with Crippen LogP contribution in [0.15, 0.2) is 47.3 Å². The van der Waals surface area contributed by atoms with Crippen LogP contribution in [-0.4, -0.2) is 28.6 Å². The molecule has 150 valence electrons. The molecule has 29 heavy (non-hydrogen) atoms. The number of benzene rings is 2. The number of alkyl halides is 3. The van der Waals surface area contributed by atoms with E-state index in [-0.39, 0.29) is 5.69 Å². The highest BCUT2D eigenvalue weighted by atomic mass is 19.4. The third-order valence-corrected chi connectivity index (χ3v) is 4.80. The van der Waals surface area contributed by atoms with E-state index in [9.17, 15) is 18.0 Å². The third kappa shape index (κ3) is 3.52. The summed E-state index contributed by atoms with van der Waals surface area (Å²) >= 11 is 0. The first-order chi connectivity index (χ1) is 13.9. The molecule has 1 aliphatic heterocycles. The largest absolute Gasteiger partial charge is 0.417 e. The van der Waals surface area contributed by atoms with Crippen LogP contribution < -0.4 is 5.69 Å². The third-order valence-electron chi connectivity index (χ3n) is 4.80. The van der Waals surface area contributed by atoms with Gasteiger partial charge >= 0.3 is 11.9 Å². The summed E-state index contributed by atoms with van der Waals surface area (Å²) in [5.74, 6) is 0. The maximum Gasteiger partial charge on any atom is 0.417 e. The van der Waals surface area contributed by atoms with Gasteiger partial charge in [-0.05, 0) is 30.3 Å². The lowest BCUT2D eigenvalue weighted by Crippen LogP contribution is -2.25. The monoisotopic (exact) mass is 403 g/mol. The second-order valence-electron chi connectivity index (χ2n) is 6.56. The van der Waals surface area contributed by atoms with Gasteiger partial charge in [-0.1, -0.05) is 12.1 Å². The summed E-state index contributed by atoms with van der Waals surface area (Å²) in [4.78, 5) is 13.1. The number of hydrogen-bond acceptors (Lipinski definition) is 4. The summed E-state index contributed by atoms with van der Waals surface area (Å²) in [6.45, 7) is 1.28. The molecular weight excluding hydrogens is 387 g/mol. The van der Waals surface area contributed by atoms with E-state index in [1.165, 1.54) is 15.2 Å². The maximum atomic E-state index is 13.4. The minimum absolute atomic E-state index is 0.0460. The fraction of sp³-hybridized carbons (Fsp3) is 0.300. The average molecular weight is 403 g/mol. The molecule has 2 aromatic carbocycles. The highest BCUT2D eigenvalue weighted by molar-refractivity contribution is 5.78. The molecule has 1 fully saturated rings. The average Bonchev–Trinajstić information content (AvgIpc) is 3.31. The molecule has 0 radical (unpaired) electrons. The van der Waals surface area contributed by atoms with Crippen LogP contribution in [0.2, 0.25) is 0 Å². The predicted molar refractivity (Wildman–Crippen MR) is 97.6 cm³/mol. The number of aromatic nitrogens is 2. The molecule has 0 N–H and O–H groups in total. The fourth-order valence-electron chi connectivity index (χ4n) is 3.49. The van der Waals surface area contributed by atoms with Crippen molar-refractivity contribution in [2.75, 3.05) is 13.2 Å². The molecule has 1 aromatic heterocycles. The number of ether oxygens (including phenoxy) is 2. The van der Waals surface area contributed by atoms with Crippen molar-refractivity contribution in [3.8, 4) is 11.8 Å². The Hall–Kier alpha value is -3.09. The Morgan fingerprint density at radius 1 is 1.10 bits per heavy atom. The van der Waals surface area contributed by atoms with Gasteiger partial charge in [0.2, 0.25) is 0 Å². The topological polar surface area (TPSA) is 69.2 Å². The van der Waals surface area contributed by atoms with Crippen molar-refractivity contribution in [2.24, 2.45) is 0 Å². The molecule has 0 unspecified atom stereocenters. The molecule has 3 aromatic rings. The van der Waals surface area contributed by atoms with Crippen molar-refractivity contribution in [3.05, 3.63) is 64.1 Å². The summed E-state index contributed by atoms with van der Waals surface area (Å²) in [6.07, 6.45) is -4.68. The Bertz CT molecular complexity index is 1150. The molecule has 1 saturated heterocycles. The van der Waals surface area contributed by atoms with Gasteiger partial charge in [-0.3, -0.25) is 9.13 Å². The van der Waals surface area contributed by atoms with Gasteiger partial charge in [0.1, 0.15) is 0 Å². The lowest BCUT2D eigenvalue weighted by molar-refractivity contribution is -0.137. The quantitative estimate of drug-likeness (QED) is 0.669. The first-order valence-corrected chi connectivity index (χ1v) is 8.95. The standard InChI is InChI=1S/C20H16F3N3O3/c21-20(22,23)15-11-14(6-5-13(15)12-24)26-17-4-2-1-3-16(17)25(19(26)27)8-7-18-28-9-10-29-18/h1-6,11,18H,7-10H2. The van der Waals surface area contributed by atoms with Gasteiger partial charge in [0, 0.05) is 13.0 Å². The van der Waals surface area contributed by atoms with Crippen LogP contribution in [0.5, 0.6) is 0 Å². The Morgan fingerprint density at radius 3 is 2.45 bits per heavy atom. The van der Waals surface area contributed by atoms with Crippen molar-refractivity contribution < 1.29 is 22.6 Å². The summed E-state index contributed by atoms with van der Waals surface area (Å²) in [6, 6.07) is 11.7. The highest BCUT2D eigenvalue weighted by Gasteiger charge is 2.34. The van der Waals surface area contributed by atoms with E-state index < -0.39 is 29.3 Å². The summed E-state index contributed by atoms with van der Waals surface area (Å²) in [5.41, 5.74) is -0.925. The minimum atomic E-state index is -4.71. The van der Waals surface area contributed by atoms with Crippen LogP contribution in [0.4, 0.5) is 13.2 Å². The molecule has 0 bridgehead atoms. The van der Waals surface area contributed by atoms with E-state index in [1.807, 2.05) is 0 Å². The van der Waals surface area contributed by atoms with Crippen LogP contribution in [0, 0.1) is 11.3 Å². The van der Waals surface area contributed by atoms with E-state index in [0.717, 1.165) is 12.1 Å². The van der Waals surface area contributed by atoms with Crippen molar-refractivity contribution >= 4 is 11.0 Å². The SMILES string of the molecule is N#Cc1ccc(-n2c(=O)n(CCC3OCCO3)c3ccccc32)cc1C(F)(F)F. The number of imidazole rings is 1. The van der Waals surface area contributed by atoms with Crippen molar-refractivity contribution in [1.82, 2.24) is 9.13 Å². The molecule has 0 aliphatic carbocycles. The molecule has 4 rings (SSSR count). The van der Waals surface area contributed by atoms with Crippen LogP contribution >= 0.6 is 0 Å². The molecule has 6 nitrogen and oxygen atoms in total. The van der Waals surface area contributed by atoms with Gasteiger partial charge in [0.25, 0.3) is 0 Å². The normalized spacial score (nSPS) is 15.1. The number of aryl methyl sites for hydroxylation is 1. The molecule has 0 spiro atoms. The smallest absolute Gasteiger partial charge is 0.350 e. The van der Waals surface area contributed by atoms with E-state index in [1.54, 1.807) is 30.3 Å². The van der Waals surface area contributed by atoms with Gasteiger partial charge in [0.05, 0.1) is 47.1 Å². The number of nitrogens with zero attached hydrogens (tertiary/aromatic N) is 3. The molecule has 0 atom stereocenters. The van der Waals surface area contributed by atoms with E-state index in [2.05, 4.69) is 0 Å². The van der Waals surface area contributed by atoms with Crippen LogP contribution in [0.1, 0.15) is 17.5 Å². The van der Waals surface area contributed by atoms with Crippen molar-refractivity contribution in [2.45, 2.75) is 25.4 Å². The molecule has 9 heteroatoms. The van der Waals surface area contributed by atoms with Gasteiger partial charge in [0.15, 0.2) is 6.29 Å². The van der Waals surface area contributed by atoms with Crippen molar-refractivity contribution in [3.63, 3.8) is 0 Å². The molecular formula is C20H16F3N3O3. The minimum Gasteiger partial charge on any atom is -0.350 e. The zero-order valence-corrected chi connectivity index (χ0v) is 15.1. The van der Waals surface area contributed by atoms with E-state index >= 15 is 0 Å². The number of nitriles is 1. The predicted octanol–water partition coefficient (Wildman–Crippen LogP) is 3.45. The lowest BCUT2D eigenvalue weighted by atomic mass is 10.1. The van der Waals surface area contributed by atoms with Gasteiger partial charge in [-0.2, -0.15) is 18.4 Å². The molecule has 0 amide bonds. The first-order valence-electron chi connectivity index (χ1n) is 8.95. The number of rotatable bonds is 4. The number of hydrogen-bond donors (Lipinski definition) is 0. The van der Waals surface area contributed by atoms with Crippen LogP contribution in [-0.2, 0) is 22.2 Å². The zero-order valence-electron chi connectivity index (χ0n) is 15.1. The summed E-state index contributed by atoms with van der Waals surface area (Å²) in [7, 11) is 0. The van der Waals surface area contributed by atoms with Crippen LogP contribution in [0.3, 0.4) is 0 Å². The van der Waals surface area contributed by atoms with E-state index in [4.69, 9.17) is 14.7 Å². The number of fused-ring (bicyclic) bond motifs is 1. The Labute approximate surface area is 163 Å². The lowest BCUT2D eigenvalue weighted by Gasteiger charge is -2.11. The maximum absolute atomic E-state index is 13.4. The molecule has 0 saturated carbocycles. The fourth-order valence-corrected chi connectivity index (χ4v) is 3.49.